The SMILES string of the molecule is CCc1cccc(C(NC)c2cc(C)ccc2OC)c1. The fraction of sp³-hybridized carbons (Fsp3) is 0.333. The van der Waals surface area contributed by atoms with Gasteiger partial charge in [-0.25, -0.2) is 0 Å². The van der Waals surface area contributed by atoms with E-state index in [4.69, 9.17) is 4.74 Å². The van der Waals surface area contributed by atoms with Gasteiger partial charge in [0.2, 0.25) is 0 Å². The summed E-state index contributed by atoms with van der Waals surface area (Å²) < 4.78 is 5.52. The van der Waals surface area contributed by atoms with Crippen molar-refractivity contribution in [3.05, 3.63) is 64.7 Å². The lowest BCUT2D eigenvalue weighted by Gasteiger charge is -2.21. The molecule has 2 aromatic carbocycles. The molecule has 2 nitrogen and oxygen atoms in total. The largest absolute Gasteiger partial charge is 0.496 e. The molecule has 0 saturated heterocycles. The highest BCUT2D eigenvalue weighted by Crippen LogP contribution is 2.31. The predicted octanol–water partition coefficient (Wildman–Crippen LogP) is 3.87. The molecule has 20 heavy (non-hydrogen) atoms. The van der Waals surface area contributed by atoms with Crippen molar-refractivity contribution in [2.45, 2.75) is 26.3 Å². The summed E-state index contributed by atoms with van der Waals surface area (Å²) in [6, 6.07) is 15.2. The lowest BCUT2D eigenvalue weighted by atomic mass is 9.95. The van der Waals surface area contributed by atoms with Crippen molar-refractivity contribution in [2.24, 2.45) is 0 Å². The van der Waals surface area contributed by atoms with Crippen LogP contribution < -0.4 is 10.1 Å². The molecule has 1 unspecified atom stereocenters. The van der Waals surface area contributed by atoms with Gasteiger partial charge in [0.1, 0.15) is 5.75 Å². The van der Waals surface area contributed by atoms with Gasteiger partial charge < -0.3 is 10.1 Å². The van der Waals surface area contributed by atoms with Crippen LogP contribution in [-0.4, -0.2) is 14.2 Å². The van der Waals surface area contributed by atoms with Crippen LogP contribution in [0.3, 0.4) is 0 Å². The molecule has 0 amide bonds. The topological polar surface area (TPSA) is 21.3 Å². The van der Waals surface area contributed by atoms with E-state index in [9.17, 15) is 0 Å². The third kappa shape index (κ3) is 3.02. The van der Waals surface area contributed by atoms with Crippen LogP contribution in [0.2, 0.25) is 0 Å². The van der Waals surface area contributed by atoms with Gasteiger partial charge in [-0.05, 0) is 37.6 Å². The van der Waals surface area contributed by atoms with Crippen LogP contribution in [-0.2, 0) is 6.42 Å². The van der Waals surface area contributed by atoms with Crippen molar-refractivity contribution >= 4 is 0 Å². The molecule has 106 valence electrons. The van der Waals surface area contributed by atoms with Gasteiger partial charge in [0.25, 0.3) is 0 Å². The van der Waals surface area contributed by atoms with Crippen molar-refractivity contribution in [1.29, 1.82) is 0 Å². The van der Waals surface area contributed by atoms with Gasteiger partial charge in [-0.2, -0.15) is 0 Å². The summed E-state index contributed by atoms with van der Waals surface area (Å²) in [4.78, 5) is 0. The van der Waals surface area contributed by atoms with Gasteiger partial charge in [-0.15, -0.1) is 0 Å². The number of aryl methyl sites for hydroxylation is 2. The molecule has 0 heterocycles. The molecule has 0 aliphatic carbocycles. The Labute approximate surface area is 121 Å². The molecule has 2 rings (SSSR count). The third-order valence-corrected chi connectivity index (χ3v) is 3.68. The second-order valence-corrected chi connectivity index (χ2v) is 5.07. The van der Waals surface area contributed by atoms with E-state index in [-0.39, 0.29) is 6.04 Å². The van der Waals surface area contributed by atoms with Crippen LogP contribution in [0.15, 0.2) is 42.5 Å². The Balaban J connectivity index is 2.48. The number of hydrogen-bond acceptors (Lipinski definition) is 2. The summed E-state index contributed by atoms with van der Waals surface area (Å²) in [5, 5.41) is 3.41. The molecule has 2 heteroatoms. The molecule has 0 bridgehead atoms. The maximum atomic E-state index is 5.52. The van der Waals surface area contributed by atoms with Gasteiger partial charge in [0.05, 0.1) is 13.2 Å². The number of rotatable bonds is 5. The van der Waals surface area contributed by atoms with E-state index < -0.39 is 0 Å². The molecule has 0 saturated carbocycles. The maximum Gasteiger partial charge on any atom is 0.123 e. The zero-order chi connectivity index (χ0) is 14.5. The summed E-state index contributed by atoms with van der Waals surface area (Å²) in [7, 11) is 3.72. The van der Waals surface area contributed by atoms with E-state index in [1.807, 2.05) is 13.1 Å². The van der Waals surface area contributed by atoms with E-state index in [1.54, 1.807) is 7.11 Å². The zero-order valence-corrected chi connectivity index (χ0v) is 12.7. The molecule has 0 fully saturated rings. The second kappa shape index (κ2) is 6.58. The minimum absolute atomic E-state index is 0.149. The molecule has 1 atom stereocenters. The van der Waals surface area contributed by atoms with E-state index in [2.05, 4.69) is 55.6 Å². The van der Waals surface area contributed by atoms with Crippen LogP contribution in [0.4, 0.5) is 0 Å². The van der Waals surface area contributed by atoms with Gasteiger partial charge in [-0.3, -0.25) is 0 Å². The first-order valence-corrected chi connectivity index (χ1v) is 7.10. The Morgan fingerprint density at radius 1 is 1.15 bits per heavy atom. The van der Waals surface area contributed by atoms with Crippen LogP contribution in [0.5, 0.6) is 5.75 Å². The van der Waals surface area contributed by atoms with Crippen molar-refractivity contribution < 1.29 is 4.74 Å². The normalized spacial score (nSPS) is 12.2. The van der Waals surface area contributed by atoms with E-state index in [0.717, 1.165) is 12.2 Å². The monoisotopic (exact) mass is 269 g/mol. The summed E-state index contributed by atoms with van der Waals surface area (Å²) in [6.07, 6.45) is 1.05. The van der Waals surface area contributed by atoms with E-state index in [0.29, 0.717) is 0 Å². The summed E-state index contributed by atoms with van der Waals surface area (Å²) in [5.74, 6) is 0.928. The Kier molecular flexibility index (Phi) is 4.80. The molecule has 0 aliphatic heterocycles. The van der Waals surface area contributed by atoms with Crippen molar-refractivity contribution in [1.82, 2.24) is 5.32 Å². The van der Waals surface area contributed by atoms with Crippen LogP contribution >= 0.6 is 0 Å². The predicted molar refractivity (Wildman–Crippen MR) is 84.5 cm³/mol. The van der Waals surface area contributed by atoms with Crippen LogP contribution in [0.25, 0.3) is 0 Å². The summed E-state index contributed by atoms with van der Waals surface area (Å²) >= 11 is 0. The summed E-state index contributed by atoms with van der Waals surface area (Å²) in [6.45, 7) is 4.29. The van der Waals surface area contributed by atoms with Crippen LogP contribution in [0.1, 0.15) is 35.2 Å². The Morgan fingerprint density at radius 3 is 2.60 bits per heavy atom. The van der Waals surface area contributed by atoms with Crippen molar-refractivity contribution in [3.8, 4) is 5.75 Å². The lowest BCUT2D eigenvalue weighted by Crippen LogP contribution is -2.18. The highest BCUT2D eigenvalue weighted by molar-refractivity contribution is 5.44. The fourth-order valence-electron chi connectivity index (χ4n) is 2.57. The molecule has 0 radical (unpaired) electrons. The quantitative estimate of drug-likeness (QED) is 0.889. The average Bonchev–Trinajstić information content (AvgIpc) is 2.48. The van der Waals surface area contributed by atoms with Gasteiger partial charge in [0.15, 0.2) is 0 Å². The van der Waals surface area contributed by atoms with Crippen molar-refractivity contribution in [3.63, 3.8) is 0 Å². The minimum Gasteiger partial charge on any atom is -0.496 e. The Hall–Kier alpha value is -1.80. The first-order valence-electron chi connectivity index (χ1n) is 7.10. The number of ether oxygens (including phenoxy) is 1. The number of nitrogens with one attached hydrogen (secondary N) is 1. The fourth-order valence-corrected chi connectivity index (χ4v) is 2.57. The smallest absolute Gasteiger partial charge is 0.123 e. The van der Waals surface area contributed by atoms with Crippen molar-refractivity contribution in [2.75, 3.05) is 14.2 Å². The molecule has 0 aromatic heterocycles. The highest BCUT2D eigenvalue weighted by Gasteiger charge is 2.16. The molecular weight excluding hydrogens is 246 g/mol. The number of benzene rings is 2. The standard InChI is InChI=1S/C18H23NO/c1-5-14-7-6-8-15(12-14)18(19-3)16-11-13(2)9-10-17(16)20-4/h6-12,18-19H,5H2,1-4H3. The number of methoxy groups -OCH3 is 1. The highest BCUT2D eigenvalue weighted by atomic mass is 16.5. The first-order chi connectivity index (χ1) is 9.69. The molecule has 1 N–H and O–H groups in total. The maximum absolute atomic E-state index is 5.52. The lowest BCUT2D eigenvalue weighted by molar-refractivity contribution is 0.405. The third-order valence-electron chi connectivity index (χ3n) is 3.68. The molecule has 0 spiro atoms. The summed E-state index contributed by atoms with van der Waals surface area (Å²) in [5.41, 5.74) is 5.06. The first kappa shape index (κ1) is 14.6. The number of hydrogen-bond donors (Lipinski definition) is 1. The second-order valence-electron chi connectivity index (χ2n) is 5.07. The molecular formula is C18H23NO. The minimum atomic E-state index is 0.149. The van der Waals surface area contributed by atoms with Gasteiger partial charge in [0, 0.05) is 5.56 Å². The van der Waals surface area contributed by atoms with E-state index in [1.165, 1.54) is 22.3 Å². The van der Waals surface area contributed by atoms with Gasteiger partial charge in [-0.1, -0.05) is 48.9 Å². The molecule has 2 aromatic rings. The Morgan fingerprint density at radius 2 is 1.95 bits per heavy atom. The molecule has 0 aliphatic rings. The van der Waals surface area contributed by atoms with E-state index >= 15 is 0 Å². The Bertz CT molecular complexity index is 577. The average molecular weight is 269 g/mol. The van der Waals surface area contributed by atoms with Crippen LogP contribution in [0, 0.1) is 6.92 Å². The zero-order valence-electron chi connectivity index (χ0n) is 12.7. The van der Waals surface area contributed by atoms with Gasteiger partial charge >= 0.3 is 0 Å².